The number of aryl methyl sites for hydroxylation is 1. The van der Waals surface area contributed by atoms with Gasteiger partial charge in [0.25, 0.3) is 17.7 Å². The van der Waals surface area contributed by atoms with Crippen molar-refractivity contribution in [2.45, 2.75) is 26.8 Å². The first-order chi connectivity index (χ1) is 13.3. The number of fused-ring (bicyclic) bond motifs is 1. The number of imide groups is 1. The molecule has 0 bridgehead atoms. The molecule has 2 aromatic carbocycles. The molecule has 0 unspecified atom stereocenters. The van der Waals surface area contributed by atoms with E-state index < -0.39 is 36.3 Å². The van der Waals surface area contributed by atoms with E-state index in [0.29, 0.717) is 5.69 Å². The van der Waals surface area contributed by atoms with Crippen LogP contribution in [-0.2, 0) is 14.3 Å². The molecule has 1 heterocycles. The number of anilines is 1. The molecule has 0 aliphatic carbocycles. The summed E-state index contributed by atoms with van der Waals surface area (Å²) in [7, 11) is 0. The predicted molar refractivity (Wildman–Crippen MR) is 102 cm³/mol. The van der Waals surface area contributed by atoms with E-state index in [-0.39, 0.29) is 11.1 Å². The number of benzene rings is 2. The van der Waals surface area contributed by atoms with Crippen LogP contribution in [0.25, 0.3) is 0 Å². The fourth-order valence-electron chi connectivity index (χ4n) is 3.00. The zero-order valence-electron chi connectivity index (χ0n) is 15.8. The lowest BCUT2D eigenvalue weighted by Crippen LogP contribution is -2.44. The van der Waals surface area contributed by atoms with Crippen molar-refractivity contribution in [3.63, 3.8) is 0 Å². The van der Waals surface area contributed by atoms with Gasteiger partial charge >= 0.3 is 5.97 Å². The van der Waals surface area contributed by atoms with Crippen molar-refractivity contribution in [1.29, 1.82) is 0 Å². The van der Waals surface area contributed by atoms with Crippen LogP contribution >= 0.6 is 0 Å². The van der Waals surface area contributed by atoms with E-state index in [9.17, 15) is 19.2 Å². The Morgan fingerprint density at radius 1 is 1.00 bits per heavy atom. The molecule has 28 heavy (non-hydrogen) atoms. The van der Waals surface area contributed by atoms with Crippen LogP contribution in [-0.4, -0.2) is 41.2 Å². The van der Waals surface area contributed by atoms with Gasteiger partial charge in [-0.2, -0.15) is 0 Å². The minimum Gasteiger partial charge on any atom is -0.454 e. The number of ether oxygens (including phenoxy) is 1. The Hall–Kier alpha value is -3.48. The topological polar surface area (TPSA) is 92.8 Å². The highest BCUT2D eigenvalue weighted by Gasteiger charge is 2.41. The van der Waals surface area contributed by atoms with Crippen molar-refractivity contribution in [3.05, 3.63) is 64.7 Å². The quantitative estimate of drug-likeness (QED) is 0.635. The summed E-state index contributed by atoms with van der Waals surface area (Å²) >= 11 is 0. The first kappa shape index (κ1) is 19.3. The van der Waals surface area contributed by atoms with Crippen molar-refractivity contribution in [2.75, 3.05) is 11.9 Å². The molecule has 0 spiro atoms. The summed E-state index contributed by atoms with van der Waals surface area (Å²) in [5, 5.41) is 2.68. The summed E-state index contributed by atoms with van der Waals surface area (Å²) in [4.78, 5) is 50.1. The fourth-order valence-corrected chi connectivity index (χ4v) is 3.00. The van der Waals surface area contributed by atoms with E-state index in [2.05, 4.69) is 5.32 Å². The van der Waals surface area contributed by atoms with E-state index >= 15 is 0 Å². The number of hydrogen-bond donors (Lipinski definition) is 1. The lowest BCUT2D eigenvalue weighted by atomic mass is 10.1. The molecule has 1 aliphatic heterocycles. The molecule has 1 aliphatic rings. The van der Waals surface area contributed by atoms with Gasteiger partial charge in [0, 0.05) is 5.69 Å². The highest BCUT2D eigenvalue weighted by Crippen LogP contribution is 2.24. The van der Waals surface area contributed by atoms with Crippen LogP contribution in [0.4, 0.5) is 5.69 Å². The highest BCUT2D eigenvalue weighted by molar-refractivity contribution is 6.22. The van der Waals surface area contributed by atoms with Crippen LogP contribution in [0.1, 0.15) is 38.8 Å². The maximum atomic E-state index is 12.4. The van der Waals surface area contributed by atoms with Crippen LogP contribution in [0.15, 0.2) is 42.5 Å². The second kappa shape index (κ2) is 7.64. The molecule has 3 rings (SSSR count). The molecular weight excluding hydrogens is 360 g/mol. The van der Waals surface area contributed by atoms with Crippen LogP contribution in [0.3, 0.4) is 0 Å². The third-order valence-corrected chi connectivity index (χ3v) is 4.78. The van der Waals surface area contributed by atoms with Crippen LogP contribution in [0, 0.1) is 13.8 Å². The molecule has 1 N–H and O–H groups in total. The van der Waals surface area contributed by atoms with Gasteiger partial charge in [0.05, 0.1) is 11.1 Å². The van der Waals surface area contributed by atoms with Gasteiger partial charge in [0.15, 0.2) is 6.61 Å². The molecule has 0 saturated carbocycles. The van der Waals surface area contributed by atoms with Crippen molar-refractivity contribution in [3.8, 4) is 0 Å². The molecule has 1 atom stereocenters. The second-order valence-corrected chi connectivity index (χ2v) is 6.61. The fraction of sp³-hybridized carbons (Fsp3) is 0.238. The number of rotatable bonds is 5. The predicted octanol–water partition coefficient (Wildman–Crippen LogP) is 2.47. The Kier molecular flexibility index (Phi) is 5.26. The largest absolute Gasteiger partial charge is 0.454 e. The normalized spacial score (nSPS) is 13.9. The van der Waals surface area contributed by atoms with E-state index in [1.54, 1.807) is 18.2 Å². The van der Waals surface area contributed by atoms with Crippen molar-refractivity contribution >= 4 is 29.4 Å². The summed E-state index contributed by atoms with van der Waals surface area (Å²) in [5.74, 6) is -2.43. The van der Waals surface area contributed by atoms with E-state index in [1.807, 2.05) is 26.0 Å². The smallest absolute Gasteiger partial charge is 0.329 e. The summed E-state index contributed by atoms with van der Waals surface area (Å²) in [6, 6.07) is 10.7. The summed E-state index contributed by atoms with van der Waals surface area (Å²) in [6.45, 7) is 4.68. The van der Waals surface area contributed by atoms with E-state index in [4.69, 9.17) is 4.74 Å². The maximum Gasteiger partial charge on any atom is 0.329 e. The molecule has 0 fully saturated rings. The molecule has 7 heteroatoms. The molecule has 0 radical (unpaired) electrons. The minimum atomic E-state index is -1.14. The summed E-state index contributed by atoms with van der Waals surface area (Å²) in [5.41, 5.74) is 3.07. The molecule has 3 amide bonds. The third-order valence-electron chi connectivity index (χ3n) is 4.78. The molecule has 0 aromatic heterocycles. The Morgan fingerprint density at radius 2 is 1.61 bits per heavy atom. The van der Waals surface area contributed by atoms with Gasteiger partial charge < -0.3 is 10.1 Å². The zero-order valence-corrected chi connectivity index (χ0v) is 15.8. The monoisotopic (exact) mass is 380 g/mol. The van der Waals surface area contributed by atoms with Gasteiger partial charge in [-0.05, 0) is 50.1 Å². The average Bonchev–Trinajstić information content (AvgIpc) is 2.94. The number of hydrogen-bond acceptors (Lipinski definition) is 5. The van der Waals surface area contributed by atoms with Crippen molar-refractivity contribution < 1.29 is 23.9 Å². The van der Waals surface area contributed by atoms with Gasteiger partial charge in [0.1, 0.15) is 6.04 Å². The Bertz CT molecular complexity index is 948. The number of nitrogens with one attached hydrogen (secondary N) is 1. The van der Waals surface area contributed by atoms with Gasteiger partial charge in [-0.25, -0.2) is 4.79 Å². The number of amides is 3. The Morgan fingerprint density at radius 3 is 2.21 bits per heavy atom. The first-order valence-corrected chi connectivity index (χ1v) is 8.81. The maximum absolute atomic E-state index is 12.4. The molecule has 2 aromatic rings. The highest BCUT2D eigenvalue weighted by atomic mass is 16.5. The Labute approximate surface area is 162 Å². The van der Waals surface area contributed by atoms with Gasteiger partial charge in [0.2, 0.25) is 0 Å². The van der Waals surface area contributed by atoms with Crippen molar-refractivity contribution in [2.24, 2.45) is 0 Å². The molecular formula is C21H20N2O5. The molecule has 144 valence electrons. The summed E-state index contributed by atoms with van der Waals surface area (Å²) < 4.78 is 5.02. The average molecular weight is 380 g/mol. The second-order valence-electron chi connectivity index (χ2n) is 6.61. The lowest BCUT2D eigenvalue weighted by Gasteiger charge is -2.20. The van der Waals surface area contributed by atoms with Crippen molar-refractivity contribution in [1.82, 2.24) is 4.90 Å². The van der Waals surface area contributed by atoms with Gasteiger partial charge in [-0.15, -0.1) is 0 Å². The van der Waals surface area contributed by atoms with E-state index in [0.717, 1.165) is 16.0 Å². The Balaban J connectivity index is 1.61. The van der Waals surface area contributed by atoms with Gasteiger partial charge in [-0.3, -0.25) is 19.3 Å². The lowest BCUT2D eigenvalue weighted by molar-refractivity contribution is -0.150. The SMILES string of the molecule is Cc1cccc(NC(=O)COC(=O)[C@H](C)N2C(=O)c3ccccc3C2=O)c1C. The first-order valence-electron chi connectivity index (χ1n) is 8.81. The molecule has 0 saturated heterocycles. The zero-order chi connectivity index (χ0) is 20.4. The third kappa shape index (κ3) is 3.51. The number of nitrogens with zero attached hydrogens (tertiary/aromatic N) is 1. The minimum absolute atomic E-state index is 0.250. The molecule has 7 nitrogen and oxygen atoms in total. The van der Waals surface area contributed by atoms with Crippen LogP contribution in [0.2, 0.25) is 0 Å². The van der Waals surface area contributed by atoms with Gasteiger partial charge in [-0.1, -0.05) is 24.3 Å². The van der Waals surface area contributed by atoms with Crippen LogP contribution < -0.4 is 5.32 Å². The number of carbonyl (C=O) groups excluding carboxylic acids is 4. The summed E-state index contributed by atoms with van der Waals surface area (Å²) in [6.07, 6.45) is 0. The standard InChI is InChI=1S/C21H20N2O5/c1-12-7-6-10-17(13(12)2)22-18(24)11-28-21(27)14(3)23-19(25)15-8-4-5-9-16(15)20(23)26/h4-10,14H,11H2,1-3H3,(H,22,24)/t14-/m0/s1. The number of esters is 1. The van der Waals surface area contributed by atoms with Crippen LogP contribution in [0.5, 0.6) is 0 Å². The number of carbonyl (C=O) groups is 4. The van der Waals surface area contributed by atoms with E-state index in [1.165, 1.54) is 19.1 Å².